The van der Waals surface area contributed by atoms with Crippen molar-refractivity contribution < 1.29 is 0 Å². The molecule has 1 unspecified atom stereocenters. The topological polar surface area (TPSA) is 12.0 Å². The summed E-state index contributed by atoms with van der Waals surface area (Å²) in [5.74, 6) is 3.49. The van der Waals surface area contributed by atoms with Crippen molar-refractivity contribution in [3.8, 4) is 0 Å². The van der Waals surface area contributed by atoms with Gasteiger partial charge in [0.1, 0.15) is 0 Å². The molecule has 1 nitrogen and oxygen atoms in total. The third kappa shape index (κ3) is 3.81. The van der Waals surface area contributed by atoms with Gasteiger partial charge in [0, 0.05) is 11.8 Å². The minimum atomic E-state index is 0.459. The quantitative estimate of drug-likeness (QED) is 0.803. The summed E-state index contributed by atoms with van der Waals surface area (Å²) in [6, 6.07) is 15.9. The number of hydrogen-bond acceptors (Lipinski definition) is 2. The van der Waals surface area contributed by atoms with Crippen LogP contribution in [0, 0.1) is 5.92 Å². The van der Waals surface area contributed by atoms with E-state index in [1.165, 1.54) is 53.5 Å². The van der Waals surface area contributed by atoms with Crippen molar-refractivity contribution in [1.29, 1.82) is 0 Å². The van der Waals surface area contributed by atoms with Crippen LogP contribution in [0.15, 0.2) is 42.5 Å². The first-order valence-electron chi connectivity index (χ1n) is 8.10. The van der Waals surface area contributed by atoms with Gasteiger partial charge in [0.25, 0.3) is 0 Å². The van der Waals surface area contributed by atoms with Crippen molar-refractivity contribution in [3.05, 3.63) is 48.0 Å². The van der Waals surface area contributed by atoms with Gasteiger partial charge in [-0.15, -0.1) is 0 Å². The highest BCUT2D eigenvalue weighted by atomic mass is 32.2. The van der Waals surface area contributed by atoms with Gasteiger partial charge in [-0.25, -0.2) is 0 Å². The standard InChI is InChI=1S/C19H25NS/c1-20-19(14-21-13-15-6-2-3-7-15)18-11-10-16-8-4-5-9-17(16)12-18/h4-5,8-12,15,19-20H,2-3,6-7,13-14H2,1H3. The second-order valence-electron chi connectivity index (χ2n) is 6.14. The summed E-state index contributed by atoms with van der Waals surface area (Å²) in [5.41, 5.74) is 1.41. The zero-order valence-electron chi connectivity index (χ0n) is 12.8. The molecule has 0 bridgehead atoms. The molecule has 1 fully saturated rings. The monoisotopic (exact) mass is 299 g/mol. The van der Waals surface area contributed by atoms with Gasteiger partial charge in [0.2, 0.25) is 0 Å². The number of rotatable bonds is 6. The lowest BCUT2D eigenvalue weighted by Crippen LogP contribution is -2.19. The molecule has 1 aliphatic rings. The van der Waals surface area contributed by atoms with Crippen LogP contribution in [0.25, 0.3) is 10.8 Å². The van der Waals surface area contributed by atoms with Gasteiger partial charge < -0.3 is 5.32 Å². The zero-order chi connectivity index (χ0) is 14.5. The maximum atomic E-state index is 3.49. The summed E-state index contributed by atoms with van der Waals surface area (Å²) < 4.78 is 0. The molecule has 2 aromatic rings. The van der Waals surface area contributed by atoms with Crippen LogP contribution in [0.3, 0.4) is 0 Å². The molecule has 2 heteroatoms. The Morgan fingerprint density at radius 2 is 1.86 bits per heavy atom. The van der Waals surface area contributed by atoms with Crippen LogP contribution in [-0.4, -0.2) is 18.6 Å². The minimum Gasteiger partial charge on any atom is -0.312 e. The summed E-state index contributed by atoms with van der Waals surface area (Å²) >= 11 is 2.12. The first-order chi connectivity index (χ1) is 10.4. The fraction of sp³-hybridized carbons (Fsp3) is 0.474. The first-order valence-corrected chi connectivity index (χ1v) is 9.26. The predicted molar refractivity (Wildman–Crippen MR) is 95.0 cm³/mol. The highest BCUT2D eigenvalue weighted by Crippen LogP contribution is 2.30. The van der Waals surface area contributed by atoms with E-state index in [2.05, 4.69) is 66.6 Å². The van der Waals surface area contributed by atoms with Gasteiger partial charge in [-0.2, -0.15) is 11.8 Å². The van der Waals surface area contributed by atoms with E-state index >= 15 is 0 Å². The minimum absolute atomic E-state index is 0.459. The Kier molecular flexibility index (Phi) is 5.21. The Bertz CT molecular complexity index is 575. The second kappa shape index (κ2) is 7.33. The molecule has 0 saturated heterocycles. The lowest BCUT2D eigenvalue weighted by Gasteiger charge is -2.18. The summed E-state index contributed by atoms with van der Waals surface area (Å²) in [5, 5.41) is 6.16. The molecule has 0 aromatic heterocycles. The van der Waals surface area contributed by atoms with Gasteiger partial charge in [-0.3, -0.25) is 0 Å². The van der Waals surface area contributed by atoms with E-state index in [0.29, 0.717) is 6.04 Å². The lowest BCUT2D eigenvalue weighted by atomic mass is 10.0. The third-order valence-corrected chi connectivity index (χ3v) is 5.91. The van der Waals surface area contributed by atoms with Gasteiger partial charge in [-0.05, 0) is 54.0 Å². The van der Waals surface area contributed by atoms with E-state index in [4.69, 9.17) is 0 Å². The van der Waals surface area contributed by atoms with E-state index < -0.39 is 0 Å². The molecule has 2 aromatic carbocycles. The van der Waals surface area contributed by atoms with Crippen LogP contribution in [0.1, 0.15) is 37.3 Å². The Morgan fingerprint density at radius 1 is 1.10 bits per heavy atom. The largest absolute Gasteiger partial charge is 0.312 e. The molecular weight excluding hydrogens is 274 g/mol. The van der Waals surface area contributed by atoms with Crippen LogP contribution in [0.5, 0.6) is 0 Å². The molecule has 1 N–H and O–H groups in total. The summed E-state index contributed by atoms with van der Waals surface area (Å²) in [6.45, 7) is 0. The molecule has 3 rings (SSSR count). The highest BCUT2D eigenvalue weighted by molar-refractivity contribution is 7.99. The summed E-state index contributed by atoms with van der Waals surface area (Å²) in [6.07, 6.45) is 5.80. The van der Waals surface area contributed by atoms with Crippen molar-refractivity contribution in [2.45, 2.75) is 31.7 Å². The molecule has 0 amide bonds. The molecule has 1 saturated carbocycles. The Hall–Kier alpha value is -0.990. The number of fused-ring (bicyclic) bond motifs is 1. The van der Waals surface area contributed by atoms with Crippen molar-refractivity contribution in [3.63, 3.8) is 0 Å². The predicted octanol–water partition coefficient (Wildman–Crippen LogP) is 5.02. The molecule has 1 atom stereocenters. The third-order valence-electron chi connectivity index (χ3n) is 4.64. The van der Waals surface area contributed by atoms with E-state index in [-0.39, 0.29) is 0 Å². The fourth-order valence-corrected chi connectivity index (χ4v) is 4.70. The molecule has 0 heterocycles. The first kappa shape index (κ1) is 14.9. The van der Waals surface area contributed by atoms with Gasteiger partial charge in [-0.1, -0.05) is 49.2 Å². The van der Waals surface area contributed by atoms with Gasteiger partial charge >= 0.3 is 0 Å². The van der Waals surface area contributed by atoms with Crippen molar-refractivity contribution in [2.75, 3.05) is 18.6 Å². The summed E-state index contributed by atoms with van der Waals surface area (Å²) in [4.78, 5) is 0. The molecule has 21 heavy (non-hydrogen) atoms. The molecule has 0 radical (unpaired) electrons. The molecule has 112 valence electrons. The lowest BCUT2D eigenvalue weighted by molar-refractivity contribution is 0.618. The van der Waals surface area contributed by atoms with Crippen LogP contribution >= 0.6 is 11.8 Å². The average Bonchev–Trinajstić information content (AvgIpc) is 3.04. The van der Waals surface area contributed by atoms with Crippen LogP contribution in [0.4, 0.5) is 0 Å². The van der Waals surface area contributed by atoms with Gasteiger partial charge in [0.05, 0.1) is 0 Å². The van der Waals surface area contributed by atoms with E-state index in [1.54, 1.807) is 0 Å². The fourth-order valence-electron chi connectivity index (χ4n) is 3.30. The average molecular weight is 299 g/mol. The van der Waals surface area contributed by atoms with Crippen molar-refractivity contribution >= 4 is 22.5 Å². The number of benzene rings is 2. The van der Waals surface area contributed by atoms with Gasteiger partial charge in [0.15, 0.2) is 0 Å². The highest BCUT2D eigenvalue weighted by Gasteiger charge is 2.16. The number of hydrogen-bond donors (Lipinski definition) is 1. The van der Waals surface area contributed by atoms with E-state index in [9.17, 15) is 0 Å². The van der Waals surface area contributed by atoms with Crippen LogP contribution in [0.2, 0.25) is 0 Å². The molecule has 0 aliphatic heterocycles. The van der Waals surface area contributed by atoms with Crippen LogP contribution in [-0.2, 0) is 0 Å². The second-order valence-corrected chi connectivity index (χ2v) is 7.21. The number of thioether (sulfide) groups is 1. The van der Waals surface area contributed by atoms with Crippen LogP contribution < -0.4 is 5.32 Å². The Balaban J connectivity index is 1.63. The van der Waals surface area contributed by atoms with Crippen molar-refractivity contribution in [1.82, 2.24) is 5.32 Å². The SMILES string of the molecule is CNC(CSCC1CCCC1)c1ccc2ccccc2c1. The summed E-state index contributed by atoms with van der Waals surface area (Å²) in [7, 11) is 2.08. The molecule has 0 spiro atoms. The smallest absolute Gasteiger partial charge is 0.0409 e. The Labute approximate surface area is 132 Å². The maximum Gasteiger partial charge on any atom is 0.0409 e. The zero-order valence-corrected chi connectivity index (χ0v) is 13.7. The molecular formula is C19H25NS. The van der Waals surface area contributed by atoms with E-state index in [0.717, 1.165) is 5.92 Å². The maximum absolute atomic E-state index is 3.49. The Morgan fingerprint density at radius 3 is 2.62 bits per heavy atom. The van der Waals surface area contributed by atoms with E-state index in [1.807, 2.05) is 0 Å². The van der Waals surface area contributed by atoms with Crippen molar-refractivity contribution in [2.24, 2.45) is 5.92 Å². The molecule has 1 aliphatic carbocycles. The number of nitrogens with one attached hydrogen (secondary N) is 1. The normalized spacial score (nSPS) is 17.4.